The molecule has 0 saturated heterocycles. The average Bonchev–Trinajstić information content (AvgIpc) is 2.75. The highest BCUT2D eigenvalue weighted by molar-refractivity contribution is 5.66. The van der Waals surface area contributed by atoms with E-state index in [2.05, 4.69) is 42.6 Å². The van der Waals surface area contributed by atoms with Crippen molar-refractivity contribution in [3.05, 3.63) is 5.69 Å². The van der Waals surface area contributed by atoms with Crippen molar-refractivity contribution in [2.24, 2.45) is 0 Å². The summed E-state index contributed by atoms with van der Waals surface area (Å²) in [4.78, 5) is 4.81. The number of aryl methyl sites for hydroxylation is 2. The van der Waals surface area contributed by atoms with Crippen molar-refractivity contribution in [2.45, 2.75) is 47.6 Å². The highest BCUT2D eigenvalue weighted by atomic mass is 15.4. The van der Waals surface area contributed by atoms with Gasteiger partial charge in [0.25, 0.3) is 0 Å². The molecule has 0 fully saturated rings. The van der Waals surface area contributed by atoms with Crippen LogP contribution in [0, 0.1) is 6.92 Å². The molecule has 0 amide bonds. The van der Waals surface area contributed by atoms with Crippen molar-refractivity contribution < 1.29 is 0 Å². The van der Waals surface area contributed by atoms with Crippen molar-refractivity contribution in [1.29, 1.82) is 0 Å². The lowest BCUT2D eigenvalue weighted by molar-refractivity contribution is 0.300. The van der Waals surface area contributed by atoms with E-state index < -0.39 is 0 Å². The molecule has 2 N–H and O–H groups in total. The topological polar surface area (TPSA) is 50.3 Å². The van der Waals surface area contributed by atoms with Gasteiger partial charge < -0.3 is 15.5 Å². The van der Waals surface area contributed by atoms with Gasteiger partial charge in [0.1, 0.15) is 0 Å². The van der Waals surface area contributed by atoms with Crippen molar-refractivity contribution >= 4 is 11.5 Å². The van der Waals surface area contributed by atoms with Crippen LogP contribution in [0.3, 0.4) is 0 Å². The van der Waals surface area contributed by atoms with Crippen LogP contribution in [0.5, 0.6) is 0 Å². The zero-order valence-electron chi connectivity index (χ0n) is 13.8. The third-order valence-corrected chi connectivity index (χ3v) is 3.92. The number of rotatable bonds is 9. The van der Waals surface area contributed by atoms with Crippen LogP contribution < -0.4 is 10.6 Å². The molecule has 1 aromatic rings. The average molecular weight is 281 g/mol. The van der Waals surface area contributed by atoms with Crippen LogP contribution in [0.4, 0.5) is 11.5 Å². The van der Waals surface area contributed by atoms with E-state index in [0.29, 0.717) is 0 Å². The second kappa shape index (κ2) is 8.15. The maximum atomic E-state index is 6.20. The molecule has 0 aliphatic rings. The molecule has 0 saturated carbocycles. The summed E-state index contributed by atoms with van der Waals surface area (Å²) in [7, 11) is 0. The molecule has 5 heteroatoms. The first-order valence-electron chi connectivity index (χ1n) is 7.89. The Labute approximate surface area is 123 Å². The van der Waals surface area contributed by atoms with Gasteiger partial charge in [0.05, 0.1) is 11.4 Å². The highest BCUT2D eigenvalue weighted by Gasteiger charge is 2.17. The summed E-state index contributed by atoms with van der Waals surface area (Å²) in [5.74, 6) is 1.09. The van der Waals surface area contributed by atoms with E-state index in [1.807, 2.05) is 11.6 Å². The summed E-state index contributed by atoms with van der Waals surface area (Å²) < 4.78 is 2.02. The van der Waals surface area contributed by atoms with Crippen LogP contribution in [-0.4, -0.2) is 47.4 Å². The van der Waals surface area contributed by atoms with E-state index in [1.54, 1.807) is 0 Å². The third-order valence-electron chi connectivity index (χ3n) is 3.92. The number of hydrogen-bond acceptors (Lipinski definition) is 4. The molecule has 0 aromatic carbocycles. The van der Waals surface area contributed by atoms with Crippen molar-refractivity contribution in [3.8, 4) is 0 Å². The molecule has 20 heavy (non-hydrogen) atoms. The SMILES string of the molecule is CCN(CC)CCCN(CC)c1c(N)c(C)nn1CC. The number of nitrogens with zero attached hydrogens (tertiary/aromatic N) is 4. The van der Waals surface area contributed by atoms with Gasteiger partial charge in [-0.25, -0.2) is 4.68 Å². The van der Waals surface area contributed by atoms with Crippen LogP contribution in [0.1, 0.15) is 39.8 Å². The van der Waals surface area contributed by atoms with Gasteiger partial charge in [-0.3, -0.25) is 0 Å². The lowest BCUT2D eigenvalue weighted by atomic mass is 10.3. The molecule has 1 rings (SSSR count). The quantitative estimate of drug-likeness (QED) is 0.755. The second-order valence-electron chi connectivity index (χ2n) is 5.10. The second-order valence-corrected chi connectivity index (χ2v) is 5.10. The van der Waals surface area contributed by atoms with E-state index in [1.165, 1.54) is 0 Å². The first-order chi connectivity index (χ1) is 9.58. The minimum absolute atomic E-state index is 0.830. The summed E-state index contributed by atoms with van der Waals surface area (Å²) in [6.07, 6.45) is 1.16. The van der Waals surface area contributed by atoms with E-state index in [-0.39, 0.29) is 0 Å². The van der Waals surface area contributed by atoms with Gasteiger partial charge in [0.2, 0.25) is 0 Å². The molecular formula is C15H31N5. The zero-order valence-corrected chi connectivity index (χ0v) is 13.8. The fraction of sp³-hybridized carbons (Fsp3) is 0.800. The van der Waals surface area contributed by atoms with Crippen molar-refractivity contribution in [3.63, 3.8) is 0 Å². The predicted octanol–water partition coefficient (Wildman–Crippen LogP) is 2.35. The molecule has 0 bridgehead atoms. The molecule has 0 atom stereocenters. The van der Waals surface area contributed by atoms with Crippen LogP contribution in [0.2, 0.25) is 0 Å². The van der Waals surface area contributed by atoms with Gasteiger partial charge in [-0.2, -0.15) is 5.10 Å². The van der Waals surface area contributed by atoms with Crippen molar-refractivity contribution in [2.75, 3.05) is 43.4 Å². The summed E-state index contributed by atoms with van der Waals surface area (Å²) in [6.45, 7) is 16.9. The van der Waals surface area contributed by atoms with E-state index in [9.17, 15) is 0 Å². The van der Waals surface area contributed by atoms with Crippen LogP contribution in [-0.2, 0) is 6.54 Å². The molecule has 0 aliphatic carbocycles. The molecule has 5 nitrogen and oxygen atoms in total. The van der Waals surface area contributed by atoms with Gasteiger partial charge in [-0.15, -0.1) is 0 Å². The Morgan fingerprint density at radius 2 is 1.70 bits per heavy atom. The number of aromatic nitrogens is 2. The van der Waals surface area contributed by atoms with Crippen LogP contribution in [0.25, 0.3) is 0 Å². The lowest BCUT2D eigenvalue weighted by Gasteiger charge is -2.26. The smallest absolute Gasteiger partial charge is 0.150 e. The molecule has 116 valence electrons. The summed E-state index contributed by atoms with van der Waals surface area (Å²) >= 11 is 0. The van der Waals surface area contributed by atoms with Crippen LogP contribution in [0.15, 0.2) is 0 Å². The largest absolute Gasteiger partial charge is 0.394 e. The van der Waals surface area contributed by atoms with E-state index >= 15 is 0 Å². The molecule has 1 aromatic heterocycles. The molecule has 1 heterocycles. The lowest BCUT2D eigenvalue weighted by Crippen LogP contribution is -2.31. The van der Waals surface area contributed by atoms with Gasteiger partial charge >= 0.3 is 0 Å². The highest BCUT2D eigenvalue weighted by Crippen LogP contribution is 2.26. The molecular weight excluding hydrogens is 250 g/mol. The Bertz CT molecular complexity index is 395. The maximum Gasteiger partial charge on any atom is 0.150 e. The summed E-state index contributed by atoms with van der Waals surface area (Å²) in [5, 5.41) is 4.51. The van der Waals surface area contributed by atoms with Gasteiger partial charge in [-0.05, 0) is 46.8 Å². The normalized spacial score (nSPS) is 11.3. The zero-order chi connectivity index (χ0) is 15.1. The minimum atomic E-state index is 0.830. The van der Waals surface area contributed by atoms with Gasteiger partial charge in [0.15, 0.2) is 5.82 Å². The standard InChI is InChI=1S/C15H31N5/c1-6-18(7-2)11-10-12-19(8-3)15-14(16)13(5)17-20(15)9-4/h6-12,16H2,1-5H3. The maximum absolute atomic E-state index is 6.20. The summed E-state index contributed by atoms with van der Waals surface area (Å²) in [6, 6.07) is 0. The van der Waals surface area contributed by atoms with E-state index in [0.717, 1.165) is 62.9 Å². The predicted molar refractivity (Wildman–Crippen MR) is 87.3 cm³/mol. The fourth-order valence-corrected chi connectivity index (χ4v) is 2.58. The number of hydrogen-bond donors (Lipinski definition) is 1. The third kappa shape index (κ3) is 3.88. The first-order valence-corrected chi connectivity index (χ1v) is 7.89. The fourth-order valence-electron chi connectivity index (χ4n) is 2.58. The Hall–Kier alpha value is -1.23. The first kappa shape index (κ1) is 16.8. The Morgan fingerprint density at radius 1 is 1.05 bits per heavy atom. The molecule has 0 unspecified atom stereocenters. The van der Waals surface area contributed by atoms with Gasteiger partial charge in [0, 0.05) is 19.6 Å². The summed E-state index contributed by atoms with van der Waals surface area (Å²) in [5.41, 5.74) is 7.97. The minimum Gasteiger partial charge on any atom is -0.394 e. The Balaban J connectivity index is 2.71. The van der Waals surface area contributed by atoms with Crippen LogP contribution >= 0.6 is 0 Å². The monoisotopic (exact) mass is 281 g/mol. The molecule has 0 radical (unpaired) electrons. The Kier molecular flexibility index (Phi) is 6.85. The number of anilines is 2. The van der Waals surface area contributed by atoms with E-state index in [4.69, 9.17) is 5.73 Å². The molecule has 0 spiro atoms. The molecule has 0 aliphatic heterocycles. The Morgan fingerprint density at radius 3 is 2.20 bits per heavy atom. The number of nitrogen functional groups attached to an aromatic ring is 1. The number of nitrogens with two attached hydrogens (primary N) is 1. The van der Waals surface area contributed by atoms with Crippen molar-refractivity contribution in [1.82, 2.24) is 14.7 Å². The van der Waals surface area contributed by atoms with Gasteiger partial charge in [-0.1, -0.05) is 13.8 Å².